The molecule has 0 aliphatic carbocycles. The number of benzene rings is 1. The molecule has 1 aromatic carbocycles. The minimum absolute atomic E-state index is 0.131. The average Bonchev–Trinajstić information content (AvgIpc) is 2.78. The molecule has 20 heavy (non-hydrogen) atoms. The van der Waals surface area contributed by atoms with Crippen molar-refractivity contribution in [3.05, 3.63) is 51.4 Å². The molecule has 1 N–H and O–H groups in total. The van der Waals surface area contributed by atoms with Crippen LogP contribution in [0.1, 0.15) is 16.7 Å². The lowest BCUT2D eigenvalue weighted by atomic mass is 10.1. The lowest BCUT2D eigenvalue weighted by Gasteiger charge is -2.05. The van der Waals surface area contributed by atoms with Crippen molar-refractivity contribution in [3.63, 3.8) is 0 Å². The molecule has 0 amide bonds. The topological polar surface area (TPSA) is 70.0 Å². The first-order valence-electron chi connectivity index (χ1n) is 5.67. The molecule has 1 heterocycles. The number of aryl methyl sites for hydroxylation is 1. The van der Waals surface area contributed by atoms with Gasteiger partial charge in [-0.25, -0.2) is 13.1 Å². The summed E-state index contributed by atoms with van der Waals surface area (Å²) in [6, 6.07) is 10.3. The van der Waals surface area contributed by atoms with E-state index >= 15 is 0 Å². The van der Waals surface area contributed by atoms with Gasteiger partial charge in [-0.3, -0.25) is 0 Å². The fraction of sp³-hybridized carbons (Fsp3) is 0.154. The SMILES string of the molecule is Cc1cc(S(=O)(=O)NCc2cccc(C#N)c2)sc1Cl. The third kappa shape index (κ3) is 3.38. The average molecular weight is 327 g/mol. The Balaban J connectivity index is 2.15. The Morgan fingerprint density at radius 2 is 2.15 bits per heavy atom. The highest BCUT2D eigenvalue weighted by Crippen LogP contribution is 2.29. The van der Waals surface area contributed by atoms with Crippen LogP contribution in [0.25, 0.3) is 0 Å². The van der Waals surface area contributed by atoms with Gasteiger partial charge in [-0.1, -0.05) is 23.7 Å². The molecular formula is C13H11ClN2O2S2. The first-order valence-corrected chi connectivity index (χ1v) is 8.35. The third-order valence-electron chi connectivity index (χ3n) is 2.62. The summed E-state index contributed by atoms with van der Waals surface area (Å²) in [6.07, 6.45) is 0. The van der Waals surface area contributed by atoms with Crippen molar-refractivity contribution in [1.29, 1.82) is 5.26 Å². The Bertz CT molecular complexity index is 756. The van der Waals surface area contributed by atoms with Gasteiger partial charge in [0.15, 0.2) is 0 Å². The largest absolute Gasteiger partial charge is 0.250 e. The summed E-state index contributed by atoms with van der Waals surface area (Å²) in [5, 5.41) is 8.80. The van der Waals surface area contributed by atoms with Crippen LogP contribution in [0.2, 0.25) is 4.34 Å². The van der Waals surface area contributed by atoms with E-state index < -0.39 is 10.0 Å². The molecule has 0 saturated heterocycles. The molecule has 0 aliphatic rings. The molecule has 7 heteroatoms. The highest BCUT2D eigenvalue weighted by Gasteiger charge is 2.18. The normalized spacial score (nSPS) is 11.2. The molecule has 0 radical (unpaired) electrons. The summed E-state index contributed by atoms with van der Waals surface area (Å²) < 4.78 is 27.4. The predicted molar refractivity (Wildman–Crippen MR) is 79.2 cm³/mol. The Morgan fingerprint density at radius 3 is 2.75 bits per heavy atom. The Kier molecular flexibility index (Phi) is 4.45. The molecule has 0 bridgehead atoms. The van der Waals surface area contributed by atoms with Gasteiger partial charge in [-0.2, -0.15) is 5.26 Å². The van der Waals surface area contributed by atoms with Crippen LogP contribution in [0.15, 0.2) is 34.5 Å². The third-order valence-corrected chi connectivity index (χ3v) is 6.05. The number of hydrogen-bond acceptors (Lipinski definition) is 4. The van der Waals surface area contributed by atoms with Crippen LogP contribution >= 0.6 is 22.9 Å². The Hall–Kier alpha value is -1.39. The molecule has 0 unspecified atom stereocenters. The number of hydrogen-bond donors (Lipinski definition) is 1. The minimum Gasteiger partial charge on any atom is -0.206 e. The monoisotopic (exact) mass is 326 g/mol. The van der Waals surface area contributed by atoms with Crippen molar-refractivity contribution < 1.29 is 8.42 Å². The van der Waals surface area contributed by atoms with Crippen molar-refractivity contribution in [1.82, 2.24) is 4.72 Å². The maximum atomic E-state index is 12.1. The van der Waals surface area contributed by atoms with Gasteiger partial charge < -0.3 is 0 Å². The van der Waals surface area contributed by atoms with Crippen LogP contribution in [0.4, 0.5) is 0 Å². The molecule has 0 atom stereocenters. The van der Waals surface area contributed by atoms with Gasteiger partial charge in [0, 0.05) is 6.54 Å². The zero-order valence-electron chi connectivity index (χ0n) is 10.6. The number of nitrogens with zero attached hydrogens (tertiary/aromatic N) is 1. The summed E-state index contributed by atoms with van der Waals surface area (Å²) in [5.41, 5.74) is 1.97. The molecule has 2 aromatic rings. The van der Waals surface area contributed by atoms with Gasteiger partial charge in [-0.15, -0.1) is 11.3 Å². The van der Waals surface area contributed by atoms with E-state index in [0.29, 0.717) is 9.90 Å². The summed E-state index contributed by atoms with van der Waals surface area (Å²) in [7, 11) is -3.58. The highest BCUT2D eigenvalue weighted by molar-refractivity contribution is 7.91. The van der Waals surface area contributed by atoms with Crippen LogP contribution in [-0.4, -0.2) is 8.42 Å². The van der Waals surface area contributed by atoms with Crippen LogP contribution in [0, 0.1) is 18.3 Å². The molecule has 4 nitrogen and oxygen atoms in total. The van der Waals surface area contributed by atoms with Crippen molar-refractivity contribution in [2.75, 3.05) is 0 Å². The number of sulfonamides is 1. The van der Waals surface area contributed by atoms with Crippen LogP contribution in [0.5, 0.6) is 0 Å². The lowest BCUT2D eigenvalue weighted by molar-refractivity contribution is 0.583. The second-order valence-electron chi connectivity index (χ2n) is 4.16. The van der Waals surface area contributed by atoms with Gasteiger partial charge in [0.25, 0.3) is 0 Å². The van der Waals surface area contributed by atoms with E-state index in [1.165, 1.54) is 0 Å². The maximum Gasteiger partial charge on any atom is 0.250 e. The molecule has 0 aliphatic heterocycles. The van der Waals surface area contributed by atoms with E-state index in [-0.39, 0.29) is 10.8 Å². The lowest BCUT2D eigenvalue weighted by Crippen LogP contribution is -2.22. The molecular weight excluding hydrogens is 316 g/mol. The number of nitriles is 1. The van der Waals surface area contributed by atoms with Gasteiger partial charge in [0.1, 0.15) is 4.21 Å². The number of thiophene rings is 1. The second kappa shape index (κ2) is 5.94. The van der Waals surface area contributed by atoms with Gasteiger partial charge >= 0.3 is 0 Å². The van der Waals surface area contributed by atoms with Crippen LogP contribution in [-0.2, 0) is 16.6 Å². The fourth-order valence-electron chi connectivity index (χ4n) is 1.56. The van der Waals surface area contributed by atoms with Gasteiger partial charge in [0.2, 0.25) is 10.0 Å². The van der Waals surface area contributed by atoms with Crippen molar-refractivity contribution in [3.8, 4) is 6.07 Å². The summed E-state index contributed by atoms with van der Waals surface area (Å²) in [5.74, 6) is 0. The Labute approximate surface area is 126 Å². The van der Waals surface area contributed by atoms with Gasteiger partial charge in [-0.05, 0) is 36.2 Å². The maximum absolute atomic E-state index is 12.1. The van der Waals surface area contributed by atoms with Crippen LogP contribution in [0.3, 0.4) is 0 Å². The molecule has 2 rings (SSSR count). The van der Waals surface area contributed by atoms with Gasteiger partial charge in [0.05, 0.1) is 16.0 Å². The number of halogens is 1. The second-order valence-corrected chi connectivity index (χ2v) is 7.81. The molecule has 0 fully saturated rings. The molecule has 0 spiro atoms. The fourth-order valence-corrected chi connectivity index (χ4v) is 4.33. The molecule has 1 aromatic heterocycles. The summed E-state index contributed by atoms with van der Waals surface area (Å²) in [4.78, 5) is 0. The number of nitrogens with one attached hydrogen (secondary N) is 1. The van der Waals surface area contributed by atoms with E-state index in [2.05, 4.69) is 4.72 Å². The number of rotatable bonds is 4. The smallest absolute Gasteiger partial charge is 0.206 e. The molecule has 104 valence electrons. The van der Waals surface area contributed by atoms with E-state index in [4.69, 9.17) is 16.9 Å². The van der Waals surface area contributed by atoms with Crippen molar-refractivity contribution in [2.24, 2.45) is 0 Å². The first kappa shape index (κ1) is 15.0. The minimum atomic E-state index is -3.58. The summed E-state index contributed by atoms with van der Waals surface area (Å²) >= 11 is 6.91. The van der Waals surface area contributed by atoms with Crippen molar-refractivity contribution in [2.45, 2.75) is 17.7 Å². The summed E-state index contributed by atoms with van der Waals surface area (Å²) in [6.45, 7) is 1.89. The first-order chi connectivity index (χ1) is 9.42. The zero-order valence-corrected chi connectivity index (χ0v) is 12.9. The van der Waals surface area contributed by atoms with E-state index in [1.807, 2.05) is 6.07 Å². The molecule has 0 saturated carbocycles. The quantitative estimate of drug-likeness (QED) is 0.938. The zero-order chi connectivity index (χ0) is 14.8. The van der Waals surface area contributed by atoms with E-state index in [1.54, 1.807) is 37.3 Å². The predicted octanol–water partition coefficient (Wildman–Crippen LogP) is 3.06. The van der Waals surface area contributed by atoms with Crippen molar-refractivity contribution >= 4 is 33.0 Å². The van der Waals surface area contributed by atoms with E-state index in [0.717, 1.165) is 22.5 Å². The van der Waals surface area contributed by atoms with E-state index in [9.17, 15) is 8.42 Å². The standard InChI is InChI=1S/C13H11ClN2O2S2/c1-9-5-12(19-13(9)14)20(17,18)16-8-11-4-2-3-10(6-11)7-15/h2-6,16H,8H2,1H3. The Morgan fingerprint density at radius 1 is 1.40 bits per heavy atom. The van der Waals surface area contributed by atoms with Crippen LogP contribution < -0.4 is 4.72 Å². The highest BCUT2D eigenvalue weighted by atomic mass is 35.5.